The van der Waals surface area contributed by atoms with E-state index in [1.807, 2.05) is 6.08 Å². The molecule has 5 heteroatoms. The fraction of sp³-hybridized carbons (Fsp3) is 0.250. The number of nitrogens with zero attached hydrogens (tertiary/aromatic N) is 1. The van der Waals surface area contributed by atoms with E-state index in [0.717, 1.165) is 11.8 Å². The lowest BCUT2D eigenvalue weighted by molar-refractivity contribution is -0.385. The van der Waals surface area contributed by atoms with E-state index in [-0.39, 0.29) is 11.5 Å². The van der Waals surface area contributed by atoms with Gasteiger partial charge in [-0.15, -0.1) is 0 Å². The molecule has 0 aliphatic heterocycles. The molecule has 4 nitrogen and oxygen atoms in total. The number of hydrogen-bond acceptors (Lipinski definition) is 3. The molecule has 0 bridgehead atoms. The summed E-state index contributed by atoms with van der Waals surface area (Å²) in [6.07, 6.45) is 4.35. The fourth-order valence-electron chi connectivity index (χ4n) is 1.34. The van der Waals surface area contributed by atoms with Crippen LogP contribution in [0.5, 0.6) is 0 Å². The van der Waals surface area contributed by atoms with Crippen LogP contribution in [-0.2, 0) is 0 Å². The van der Waals surface area contributed by atoms with Gasteiger partial charge < -0.3 is 0 Å². The first-order valence-electron chi connectivity index (χ1n) is 5.08. The van der Waals surface area contributed by atoms with Gasteiger partial charge in [0.1, 0.15) is 0 Å². The molecule has 0 fully saturated rings. The van der Waals surface area contributed by atoms with Gasteiger partial charge in [0.25, 0.3) is 5.69 Å². The van der Waals surface area contributed by atoms with Crippen LogP contribution in [0.25, 0.3) is 6.08 Å². The van der Waals surface area contributed by atoms with Crippen LogP contribution in [-0.4, -0.2) is 16.0 Å². The van der Waals surface area contributed by atoms with Gasteiger partial charge in [-0.3, -0.25) is 14.9 Å². The molecule has 0 atom stereocenters. The van der Waals surface area contributed by atoms with Crippen LogP contribution < -0.4 is 0 Å². The standard InChI is InChI=1S/C12H12BrNO3/c1-9(15)11-6-5-10(4-2-3-7-13)12(8-11)14(16)17/h2,4-6,8H,3,7H2,1H3. The van der Waals surface area contributed by atoms with Gasteiger partial charge in [-0.25, -0.2) is 0 Å². The van der Waals surface area contributed by atoms with Gasteiger partial charge in [0.2, 0.25) is 0 Å². The molecule has 0 saturated heterocycles. The zero-order chi connectivity index (χ0) is 12.8. The number of nitro groups is 1. The summed E-state index contributed by atoms with van der Waals surface area (Å²) >= 11 is 3.27. The zero-order valence-electron chi connectivity index (χ0n) is 9.35. The first-order valence-corrected chi connectivity index (χ1v) is 6.20. The molecular formula is C12H12BrNO3. The Balaban J connectivity index is 3.13. The fourth-order valence-corrected chi connectivity index (χ4v) is 1.60. The topological polar surface area (TPSA) is 60.2 Å². The lowest BCUT2D eigenvalue weighted by atomic mass is 10.1. The molecule has 0 amide bonds. The molecule has 0 N–H and O–H groups in total. The van der Waals surface area contributed by atoms with E-state index < -0.39 is 4.92 Å². The Labute approximate surface area is 108 Å². The van der Waals surface area contributed by atoms with Crippen molar-refractivity contribution < 1.29 is 9.72 Å². The molecule has 0 aliphatic carbocycles. The Kier molecular flexibility index (Phi) is 5.03. The molecular weight excluding hydrogens is 286 g/mol. The molecule has 1 aromatic carbocycles. The summed E-state index contributed by atoms with van der Waals surface area (Å²) < 4.78 is 0. The summed E-state index contributed by atoms with van der Waals surface area (Å²) in [5.74, 6) is -0.177. The van der Waals surface area contributed by atoms with E-state index in [1.54, 1.807) is 18.2 Å². The van der Waals surface area contributed by atoms with Crippen LogP contribution in [0.3, 0.4) is 0 Å². The first-order chi connectivity index (χ1) is 8.06. The lowest BCUT2D eigenvalue weighted by Crippen LogP contribution is -1.97. The van der Waals surface area contributed by atoms with Gasteiger partial charge in [0, 0.05) is 17.0 Å². The highest BCUT2D eigenvalue weighted by Crippen LogP contribution is 2.22. The molecule has 0 aromatic heterocycles. The van der Waals surface area contributed by atoms with Crippen molar-refractivity contribution in [2.75, 3.05) is 5.33 Å². The third-order valence-corrected chi connectivity index (χ3v) is 2.66. The molecule has 0 heterocycles. The molecule has 0 radical (unpaired) electrons. The van der Waals surface area contributed by atoms with E-state index in [9.17, 15) is 14.9 Å². The second-order valence-electron chi connectivity index (χ2n) is 3.47. The summed E-state index contributed by atoms with van der Waals surface area (Å²) in [4.78, 5) is 21.6. The number of halogens is 1. The van der Waals surface area contributed by atoms with Crippen LogP contribution in [0.2, 0.25) is 0 Å². The van der Waals surface area contributed by atoms with E-state index in [0.29, 0.717) is 11.1 Å². The molecule has 1 rings (SSSR count). The van der Waals surface area contributed by atoms with Gasteiger partial charge in [0.05, 0.1) is 10.5 Å². The van der Waals surface area contributed by atoms with Gasteiger partial charge in [-0.1, -0.05) is 34.1 Å². The summed E-state index contributed by atoms with van der Waals surface area (Å²) in [5, 5.41) is 11.7. The van der Waals surface area contributed by atoms with E-state index in [1.165, 1.54) is 13.0 Å². The number of nitro benzene ring substituents is 1. The van der Waals surface area contributed by atoms with E-state index in [4.69, 9.17) is 0 Å². The normalized spacial score (nSPS) is 10.7. The first kappa shape index (κ1) is 13.6. The molecule has 1 aromatic rings. The molecule has 17 heavy (non-hydrogen) atoms. The molecule has 0 unspecified atom stereocenters. The molecule has 0 saturated carbocycles. The number of ketones is 1. The summed E-state index contributed by atoms with van der Waals surface area (Å²) in [5.41, 5.74) is 0.832. The van der Waals surface area contributed by atoms with Crippen molar-refractivity contribution in [2.24, 2.45) is 0 Å². The largest absolute Gasteiger partial charge is 0.295 e. The van der Waals surface area contributed by atoms with Crippen molar-refractivity contribution in [1.82, 2.24) is 0 Å². The highest BCUT2D eigenvalue weighted by atomic mass is 79.9. The molecule has 0 spiro atoms. The number of carbonyl (C=O) groups excluding carboxylic acids is 1. The van der Waals surface area contributed by atoms with Crippen molar-refractivity contribution in [3.63, 3.8) is 0 Å². The maximum Gasteiger partial charge on any atom is 0.277 e. The zero-order valence-corrected chi connectivity index (χ0v) is 10.9. The minimum absolute atomic E-state index is 0.0384. The van der Waals surface area contributed by atoms with Gasteiger partial charge >= 0.3 is 0 Å². The maximum atomic E-state index is 11.1. The maximum absolute atomic E-state index is 11.1. The summed E-state index contributed by atoms with van der Waals surface area (Å²) in [6, 6.07) is 4.51. The second kappa shape index (κ2) is 6.30. The van der Waals surface area contributed by atoms with Crippen LogP contribution >= 0.6 is 15.9 Å². The highest BCUT2D eigenvalue weighted by Gasteiger charge is 2.13. The number of Topliss-reactive ketones (excluding diaryl/α,β-unsaturated/α-hetero) is 1. The predicted octanol–water partition coefficient (Wildman–Crippen LogP) is 3.60. The minimum Gasteiger partial charge on any atom is -0.295 e. The predicted molar refractivity (Wildman–Crippen MR) is 70.5 cm³/mol. The Hall–Kier alpha value is -1.49. The Morgan fingerprint density at radius 1 is 1.53 bits per heavy atom. The van der Waals surface area contributed by atoms with Crippen LogP contribution in [0.1, 0.15) is 29.3 Å². The Bertz CT molecular complexity index is 469. The molecule has 0 aliphatic rings. The number of allylic oxidation sites excluding steroid dienone is 1. The Morgan fingerprint density at radius 2 is 2.24 bits per heavy atom. The second-order valence-corrected chi connectivity index (χ2v) is 4.26. The monoisotopic (exact) mass is 297 g/mol. The quantitative estimate of drug-likeness (QED) is 0.361. The summed E-state index contributed by atoms with van der Waals surface area (Å²) in [6.45, 7) is 1.39. The number of hydrogen-bond donors (Lipinski definition) is 0. The van der Waals surface area contributed by atoms with Crippen LogP contribution in [0, 0.1) is 10.1 Å². The third kappa shape index (κ3) is 3.78. The Morgan fingerprint density at radius 3 is 2.76 bits per heavy atom. The van der Waals surface area contributed by atoms with Gasteiger partial charge in [-0.05, 0) is 19.4 Å². The number of rotatable bonds is 5. The average molecular weight is 298 g/mol. The number of alkyl halides is 1. The van der Waals surface area contributed by atoms with Crippen molar-refractivity contribution in [3.8, 4) is 0 Å². The highest BCUT2D eigenvalue weighted by molar-refractivity contribution is 9.09. The van der Waals surface area contributed by atoms with Crippen LogP contribution in [0.4, 0.5) is 5.69 Å². The number of benzene rings is 1. The number of carbonyl (C=O) groups is 1. The molecule has 90 valence electrons. The SMILES string of the molecule is CC(=O)c1ccc(C=CCCBr)c([N+](=O)[O-])c1. The van der Waals surface area contributed by atoms with Crippen molar-refractivity contribution in [1.29, 1.82) is 0 Å². The minimum atomic E-state index is -0.472. The van der Waals surface area contributed by atoms with Gasteiger partial charge in [-0.2, -0.15) is 0 Å². The summed E-state index contributed by atoms with van der Waals surface area (Å²) in [7, 11) is 0. The van der Waals surface area contributed by atoms with E-state index in [2.05, 4.69) is 15.9 Å². The van der Waals surface area contributed by atoms with Crippen LogP contribution in [0.15, 0.2) is 24.3 Å². The van der Waals surface area contributed by atoms with Crippen molar-refractivity contribution in [2.45, 2.75) is 13.3 Å². The smallest absolute Gasteiger partial charge is 0.277 e. The lowest BCUT2D eigenvalue weighted by Gasteiger charge is -2.00. The van der Waals surface area contributed by atoms with Crippen molar-refractivity contribution >= 4 is 33.5 Å². The third-order valence-electron chi connectivity index (χ3n) is 2.21. The van der Waals surface area contributed by atoms with Gasteiger partial charge in [0.15, 0.2) is 5.78 Å². The van der Waals surface area contributed by atoms with Crippen molar-refractivity contribution in [3.05, 3.63) is 45.5 Å². The average Bonchev–Trinajstić information content (AvgIpc) is 2.29. The van der Waals surface area contributed by atoms with E-state index >= 15 is 0 Å².